The van der Waals surface area contributed by atoms with Crippen LogP contribution >= 0.6 is 11.6 Å². The minimum Gasteiger partial charge on any atom is -0.496 e. The standard InChI is InChI=1S/C21H22ClNO4/c1-26-20-7-4-16(12-17(20)14-24)19(15-2-5-18(22)6-3-15)13-21(25)23-8-10-27-11-9-23/h2-7,12-13,24H,8-11,14H2,1H3/b19-13+. The summed E-state index contributed by atoms with van der Waals surface area (Å²) in [5, 5.41) is 10.3. The van der Waals surface area contributed by atoms with Crippen LogP contribution in [-0.2, 0) is 16.1 Å². The van der Waals surface area contributed by atoms with E-state index >= 15 is 0 Å². The number of aliphatic hydroxyl groups excluding tert-OH is 1. The monoisotopic (exact) mass is 387 g/mol. The number of morpholine rings is 1. The zero-order valence-corrected chi connectivity index (χ0v) is 15.9. The summed E-state index contributed by atoms with van der Waals surface area (Å²) in [5.74, 6) is 0.542. The largest absolute Gasteiger partial charge is 0.496 e. The number of rotatable bonds is 5. The average molecular weight is 388 g/mol. The van der Waals surface area contributed by atoms with E-state index in [2.05, 4.69) is 0 Å². The number of hydrogen-bond donors (Lipinski definition) is 1. The van der Waals surface area contributed by atoms with Crippen molar-refractivity contribution in [2.45, 2.75) is 6.61 Å². The predicted molar refractivity (Wildman–Crippen MR) is 105 cm³/mol. The molecule has 1 amide bonds. The number of nitrogens with zero attached hydrogens (tertiary/aromatic N) is 1. The SMILES string of the molecule is COc1ccc(/C(=C/C(=O)N2CCOCC2)c2ccc(Cl)cc2)cc1CO. The smallest absolute Gasteiger partial charge is 0.247 e. The van der Waals surface area contributed by atoms with E-state index in [1.807, 2.05) is 24.3 Å². The van der Waals surface area contributed by atoms with Crippen molar-refractivity contribution < 1.29 is 19.4 Å². The minimum absolute atomic E-state index is 0.0652. The third-order valence-corrected chi connectivity index (χ3v) is 4.76. The Kier molecular flexibility index (Phi) is 6.50. The van der Waals surface area contributed by atoms with Gasteiger partial charge in [0.2, 0.25) is 5.91 Å². The van der Waals surface area contributed by atoms with Gasteiger partial charge in [-0.05, 0) is 41.0 Å². The Bertz CT molecular complexity index is 827. The Morgan fingerprint density at radius 2 is 1.85 bits per heavy atom. The number of aliphatic hydroxyl groups is 1. The summed E-state index contributed by atoms with van der Waals surface area (Å²) in [6.07, 6.45) is 1.64. The normalized spacial score (nSPS) is 14.9. The van der Waals surface area contributed by atoms with Crippen molar-refractivity contribution in [1.82, 2.24) is 4.90 Å². The highest BCUT2D eigenvalue weighted by Gasteiger charge is 2.17. The van der Waals surface area contributed by atoms with Crippen LogP contribution in [0, 0.1) is 0 Å². The Morgan fingerprint density at radius 1 is 1.19 bits per heavy atom. The number of benzene rings is 2. The van der Waals surface area contributed by atoms with Crippen LogP contribution in [0.2, 0.25) is 5.02 Å². The Hall–Kier alpha value is -2.34. The minimum atomic E-state index is -0.150. The number of ether oxygens (including phenoxy) is 2. The summed E-state index contributed by atoms with van der Waals surface area (Å²) in [6, 6.07) is 12.9. The highest BCUT2D eigenvalue weighted by Crippen LogP contribution is 2.29. The van der Waals surface area contributed by atoms with E-state index < -0.39 is 0 Å². The maximum atomic E-state index is 12.8. The lowest BCUT2D eigenvalue weighted by Gasteiger charge is -2.26. The Balaban J connectivity index is 2.03. The van der Waals surface area contributed by atoms with E-state index in [0.717, 1.165) is 16.7 Å². The van der Waals surface area contributed by atoms with Gasteiger partial charge in [-0.1, -0.05) is 29.8 Å². The molecule has 0 bridgehead atoms. The van der Waals surface area contributed by atoms with Crippen LogP contribution in [0.15, 0.2) is 48.5 Å². The molecule has 1 heterocycles. The molecular weight excluding hydrogens is 366 g/mol. The number of methoxy groups -OCH3 is 1. The quantitative estimate of drug-likeness (QED) is 0.801. The average Bonchev–Trinajstić information content (AvgIpc) is 2.72. The fraction of sp³-hybridized carbons (Fsp3) is 0.286. The molecular formula is C21H22ClNO4. The molecule has 0 saturated carbocycles. The first kappa shape index (κ1) is 19.4. The Morgan fingerprint density at radius 3 is 2.48 bits per heavy atom. The van der Waals surface area contributed by atoms with Gasteiger partial charge in [-0.15, -0.1) is 0 Å². The second kappa shape index (κ2) is 9.04. The van der Waals surface area contributed by atoms with Gasteiger partial charge in [0.25, 0.3) is 0 Å². The van der Waals surface area contributed by atoms with Crippen LogP contribution in [0.3, 0.4) is 0 Å². The number of carbonyl (C=O) groups is 1. The molecule has 2 aromatic carbocycles. The highest BCUT2D eigenvalue weighted by molar-refractivity contribution is 6.30. The van der Waals surface area contributed by atoms with Gasteiger partial charge >= 0.3 is 0 Å². The lowest BCUT2D eigenvalue weighted by Crippen LogP contribution is -2.39. The summed E-state index contributed by atoms with van der Waals surface area (Å²) in [6.45, 7) is 2.10. The molecule has 1 N–H and O–H groups in total. The van der Waals surface area contributed by atoms with Gasteiger partial charge in [0.1, 0.15) is 5.75 Å². The molecule has 0 aromatic heterocycles. The Labute approximate surface area is 163 Å². The maximum Gasteiger partial charge on any atom is 0.247 e. The molecule has 142 valence electrons. The highest BCUT2D eigenvalue weighted by atomic mass is 35.5. The predicted octanol–water partition coefficient (Wildman–Crippen LogP) is 3.13. The second-order valence-corrected chi connectivity index (χ2v) is 6.62. The van der Waals surface area contributed by atoms with Crippen molar-refractivity contribution in [3.63, 3.8) is 0 Å². The van der Waals surface area contributed by atoms with Gasteiger partial charge in [-0.2, -0.15) is 0 Å². The van der Waals surface area contributed by atoms with E-state index in [-0.39, 0.29) is 12.5 Å². The molecule has 1 aliphatic heterocycles. The van der Waals surface area contributed by atoms with Crippen LogP contribution in [0.5, 0.6) is 5.75 Å². The first-order valence-corrected chi connectivity index (χ1v) is 9.12. The molecule has 0 atom stereocenters. The van der Waals surface area contributed by atoms with E-state index in [9.17, 15) is 9.90 Å². The van der Waals surface area contributed by atoms with Crippen LogP contribution < -0.4 is 4.74 Å². The summed E-state index contributed by atoms with van der Waals surface area (Å²) >= 11 is 6.02. The lowest BCUT2D eigenvalue weighted by molar-refractivity contribution is -0.129. The molecule has 0 aliphatic carbocycles. The van der Waals surface area contributed by atoms with Crippen LogP contribution in [-0.4, -0.2) is 49.3 Å². The third-order valence-electron chi connectivity index (χ3n) is 4.51. The van der Waals surface area contributed by atoms with E-state index in [1.165, 1.54) is 0 Å². The molecule has 6 heteroatoms. The van der Waals surface area contributed by atoms with E-state index in [1.54, 1.807) is 36.3 Å². The zero-order chi connectivity index (χ0) is 19.2. The number of amides is 1. The van der Waals surface area contributed by atoms with Crippen molar-refractivity contribution in [1.29, 1.82) is 0 Å². The van der Waals surface area contributed by atoms with Gasteiger partial charge < -0.3 is 19.5 Å². The van der Waals surface area contributed by atoms with Crippen molar-refractivity contribution in [3.05, 3.63) is 70.3 Å². The number of hydrogen-bond acceptors (Lipinski definition) is 4. The lowest BCUT2D eigenvalue weighted by atomic mass is 9.95. The van der Waals surface area contributed by atoms with E-state index in [4.69, 9.17) is 21.1 Å². The van der Waals surface area contributed by atoms with Crippen molar-refractivity contribution >= 4 is 23.1 Å². The van der Waals surface area contributed by atoms with Gasteiger partial charge in [0.15, 0.2) is 0 Å². The van der Waals surface area contributed by atoms with Gasteiger partial charge in [-0.3, -0.25) is 4.79 Å². The summed E-state index contributed by atoms with van der Waals surface area (Å²) in [5.41, 5.74) is 3.12. The van der Waals surface area contributed by atoms with Crippen molar-refractivity contribution in [2.24, 2.45) is 0 Å². The first-order valence-electron chi connectivity index (χ1n) is 8.75. The fourth-order valence-corrected chi connectivity index (χ4v) is 3.16. The molecule has 0 radical (unpaired) electrons. The van der Waals surface area contributed by atoms with Gasteiger partial charge in [-0.25, -0.2) is 0 Å². The number of halogens is 1. The van der Waals surface area contributed by atoms with Gasteiger partial charge in [0, 0.05) is 29.8 Å². The van der Waals surface area contributed by atoms with Crippen LogP contribution in [0.4, 0.5) is 0 Å². The molecule has 1 saturated heterocycles. The van der Waals surface area contributed by atoms with E-state index in [0.29, 0.717) is 42.6 Å². The van der Waals surface area contributed by atoms with Crippen molar-refractivity contribution in [3.8, 4) is 5.75 Å². The van der Waals surface area contributed by atoms with Gasteiger partial charge in [0.05, 0.1) is 26.9 Å². The van der Waals surface area contributed by atoms with Crippen molar-refractivity contribution in [2.75, 3.05) is 33.4 Å². The second-order valence-electron chi connectivity index (χ2n) is 6.19. The summed E-state index contributed by atoms with van der Waals surface area (Å²) in [7, 11) is 1.56. The number of carbonyl (C=O) groups excluding carboxylic acids is 1. The third kappa shape index (κ3) is 4.69. The molecule has 3 rings (SSSR count). The zero-order valence-electron chi connectivity index (χ0n) is 15.2. The summed E-state index contributed by atoms with van der Waals surface area (Å²) in [4.78, 5) is 14.6. The molecule has 5 nitrogen and oxygen atoms in total. The molecule has 1 aliphatic rings. The van der Waals surface area contributed by atoms with Crippen LogP contribution in [0.25, 0.3) is 5.57 Å². The molecule has 27 heavy (non-hydrogen) atoms. The first-order chi connectivity index (χ1) is 13.1. The molecule has 1 fully saturated rings. The van der Waals surface area contributed by atoms with Crippen LogP contribution in [0.1, 0.15) is 16.7 Å². The fourth-order valence-electron chi connectivity index (χ4n) is 3.03. The summed E-state index contributed by atoms with van der Waals surface area (Å²) < 4.78 is 10.6. The molecule has 2 aromatic rings. The molecule has 0 spiro atoms. The topological polar surface area (TPSA) is 59.0 Å². The molecule has 0 unspecified atom stereocenters. The maximum absolute atomic E-state index is 12.8.